The smallest absolute Gasteiger partial charge is 0.234 e. The van der Waals surface area contributed by atoms with Crippen LogP contribution in [0.2, 0.25) is 5.02 Å². The molecule has 0 saturated carbocycles. The van der Waals surface area contributed by atoms with Crippen molar-refractivity contribution in [2.24, 2.45) is 17.8 Å². The predicted molar refractivity (Wildman–Crippen MR) is 181 cm³/mol. The number of benzene rings is 2. The van der Waals surface area contributed by atoms with E-state index in [2.05, 4.69) is 4.98 Å². The third-order valence-electron chi connectivity index (χ3n) is 8.88. The summed E-state index contributed by atoms with van der Waals surface area (Å²) in [6.07, 6.45) is 3.41. The van der Waals surface area contributed by atoms with Crippen LogP contribution in [0.3, 0.4) is 0 Å². The number of aromatic nitrogens is 1. The highest BCUT2D eigenvalue weighted by atomic mass is 35.5. The standard InChI is InChI=1S/C37H35ClN2O6S/c38-31-19-26(42)13-11-23(31)17-24(32-10-4-5-15-39-32)12-14-33(43)34-25(22-46-27-7-2-1-3-8-27)18-29-35(30(34)21-41)37(45)40(36(29)44)20-28-9-6-16-47-28/h1-11,13,15-17,19,29-30,33,35,41-43H,12,14,18,20-22H2/b24-17-/t29-,30+,33-,35-/m1/s1. The van der Waals surface area contributed by atoms with E-state index < -0.39 is 30.5 Å². The molecule has 2 amide bonds. The molecule has 2 aromatic carbocycles. The first kappa shape index (κ1) is 32.7. The highest BCUT2D eigenvalue weighted by Crippen LogP contribution is 2.47. The number of rotatable bonds is 12. The molecule has 10 heteroatoms. The SMILES string of the molecule is O=C1[C@@H]2[C@@H](CC(COc3ccccc3)=C([C@H](O)CC/C(=C/c3ccc(O)cc3Cl)c3ccccn3)[C@@H]2CO)C(=O)N1Cc1cccs1. The number of allylic oxidation sites excluding steroid dienone is 1. The molecule has 1 fully saturated rings. The third kappa shape index (κ3) is 7.18. The molecule has 242 valence electrons. The van der Waals surface area contributed by atoms with Crippen LogP contribution in [-0.4, -0.2) is 56.3 Å². The average Bonchev–Trinajstić information content (AvgIpc) is 3.69. The number of carbonyl (C=O) groups excluding carboxylic acids is 2. The lowest BCUT2D eigenvalue weighted by Crippen LogP contribution is -2.40. The molecule has 0 spiro atoms. The number of nitrogens with zero attached hydrogens (tertiary/aromatic N) is 2. The second kappa shape index (κ2) is 14.6. The molecule has 0 bridgehead atoms. The van der Waals surface area contributed by atoms with Crippen LogP contribution in [0.5, 0.6) is 11.5 Å². The number of aliphatic hydroxyl groups is 2. The van der Waals surface area contributed by atoms with Crippen LogP contribution in [0, 0.1) is 17.8 Å². The summed E-state index contributed by atoms with van der Waals surface area (Å²) in [4.78, 5) is 34.2. The Bertz CT molecular complexity index is 1780. The molecule has 2 aliphatic rings. The maximum Gasteiger partial charge on any atom is 0.234 e. The second-order valence-corrected chi connectivity index (χ2v) is 13.2. The van der Waals surface area contributed by atoms with Gasteiger partial charge in [0.15, 0.2) is 0 Å². The lowest BCUT2D eigenvalue weighted by molar-refractivity contribution is -0.140. The van der Waals surface area contributed by atoms with Crippen LogP contribution < -0.4 is 4.74 Å². The van der Waals surface area contributed by atoms with Crippen LogP contribution in [0.1, 0.15) is 35.4 Å². The molecule has 1 saturated heterocycles. The van der Waals surface area contributed by atoms with E-state index in [9.17, 15) is 24.9 Å². The number of thiophene rings is 1. The van der Waals surface area contributed by atoms with Crippen LogP contribution in [0.15, 0.2) is 102 Å². The number of pyridine rings is 1. The molecular formula is C37H35ClN2O6S. The zero-order valence-electron chi connectivity index (χ0n) is 25.5. The Morgan fingerprint density at radius 1 is 1.06 bits per heavy atom. The molecule has 8 nitrogen and oxygen atoms in total. The van der Waals surface area contributed by atoms with Gasteiger partial charge in [-0.1, -0.05) is 41.9 Å². The molecule has 3 heterocycles. The van der Waals surface area contributed by atoms with E-state index in [4.69, 9.17) is 16.3 Å². The zero-order chi connectivity index (χ0) is 32.9. The minimum atomic E-state index is -1.04. The molecule has 4 aromatic rings. The number of imide groups is 1. The van der Waals surface area contributed by atoms with Gasteiger partial charge in [-0.2, -0.15) is 0 Å². The molecule has 47 heavy (non-hydrogen) atoms. The minimum absolute atomic E-state index is 0.0543. The Morgan fingerprint density at radius 2 is 1.87 bits per heavy atom. The van der Waals surface area contributed by atoms with Crippen molar-refractivity contribution in [3.8, 4) is 11.5 Å². The van der Waals surface area contributed by atoms with E-state index in [1.807, 2.05) is 72.1 Å². The summed E-state index contributed by atoms with van der Waals surface area (Å²) < 4.78 is 6.12. The Morgan fingerprint density at radius 3 is 2.57 bits per heavy atom. The maximum atomic E-state index is 13.8. The predicted octanol–water partition coefficient (Wildman–Crippen LogP) is 6.37. The van der Waals surface area contributed by atoms with E-state index in [0.29, 0.717) is 39.6 Å². The van der Waals surface area contributed by atoms with Gasteiger partial charge in [0.1, 0.15) is 18.1 Å². The molecule has 6 rings (SSSR count). The highest BCUT2D eigenvalue weighted by Gasteiger charge is 2.55. The fraction of sp³-hybridized carbons (Fsp3) is 0.270. The molecular weight excluding hydrogens is 636 g/mol. The van der Waals surface area contributed by atoms with Gasteiger partial charge in [0, 0.05) is 17.0 Å². The van der Waals surface area contributed by atoms with Crippen molar-refractivity contribution < 1.29 is 29.6 Å². The molecule has 1 aliphatic carbocycles. The Labute approximate surface area is 282 Å². The van der Waals surface area contributed by atoms with Gasteiger partial charge in [-0.05, 0) is 102 Å². The largest absolute Gasteiger partial charge is 0.508 e. The fourth-order valence-corrected chi connectivity index (χ4v) is 7.58. The number of para-hydroxylation sites is 1. The zero-order valence-corrected chi connectivity index (χ0v) is 27.1. The Hall–Kier alpha value is -4.28. The van der Waals surface area contributed by atoms with Gasteiger partial charge < -0.3 is 20.1 Å². The van der Waals surface area contributed by atoms with E-state index >= 15 is 0 Å². The van der Waals surface area contributed by atoms with Crippen LogP contribution in [-0.2, 0) is 16.1 Å². The van der Waals surface area contributed by atoms with Gasteiger partial charge in [0.2, 0.25) is 11.8 Å². The first-order valence-electron chi connectivity index (χ1n) is 15.5. The van der Waals surface area contributed by atoms with Crippen molar-refractivity contribution in [2.45, 2.75) is 31.9 Å². The number of phenols is 1. The molecule has 3 N–H and O–H groups in total. The monoisotopic (exact) mass is 670 g/mol. The van der Waals surface area contributed by atoms with Gasteiger partial charge in [-0.15, -0.1) is 11.3 Å². The summed E-state index contributed by atoms with van der Waals surface area (Å²) in [6, 6.07) is 23.3. The van der Waals surface area contributed by atoms with Gasteiger partial charge in [-0.25, -0.2) is 0 Å². The Balaban J connectivity index is 1.32. The lowest BCUT2D eigenvalue weighted by atomic mass is 9.68. The molecule has 0 unspecified atom stereocenters. The maximum absolute atomic E-state index is 13.8. The molecule has 0 radical (unpaired) electrons. The minimum Gasteiger partial charge on any atom is -0.508 e. The summed E-state index contributed by atoms with van der Waals surface area (Å²) in [7, 11) is 0. The number of aromatic hydroxyl groups is 1. The number of aliphatic hydroxyl groups excluding tert-OH is 2. The molecule has 4 atom stereocenters. The van der Waals surface area contributed by atoms with Crippen molar-refractivity contribution in [1.29, 1.82) is 0 Å². The van der Waals surface area contributed by atoms with Crippen LogP contribution >= 0.6 is 22.9 Å². The van der Waals surface area contributed by atoms with Crippen molar-refractivity contribution >= 4 is 46.4 Å². The van der Waals surface area contributed by atoms with Gasteiger partial charge >= 0.3 is 0 Å². The normalized spacial score (nSPS) is 20.4. The fourth-order valence-electron chi connectivity index (χ4n) is 6.65. The number of hydrogen-bond acceptors (Lipinski definition) is 8. The van der Waals surface area contributed by atoms with E-state index in [0.717, 1.165) is 10.5 Å². The van der Waals surface area contributed by atoms with E-state index in [1.54, 1.807) is 18.3 Å². The van der Waals surface area contributed by atoms with Crippen LogP contribution in [0.25, 0.3) is 11.6 Å². The number of ether oxygens (including phenoxy) is 1. The molecule has 2 aromatic heterocycles. The first-order chi connectivity index (χ1) is 22.8. The van der Waals surface area contributed by atoms with Gasteiger partial charge in [0.25, 0.3) is 0 Å². The number of hydrogen-bond donors (Lipinski definition) is 3. The van der Waals surface area contributed by atoms with Crippen molar-refractivity contribution in [2.75, 3.05) is 13.2 Å². The van der Waals surface area contributed by atoms with Crippen molar-refractivity contribution in [1.82, 2.24) is 9.88 Å². The van der Waals surface area contributed by atoms with E-state index in [1.165, 1.54) is 22.3 Å². The van der Waals surface area contributed by atoms with Crippen molar-refractivity contribution in [3.63, 3.8) is 0 Å². The summed E-state index contributed by atoms with van der Waals surface area (Å²) in [5.74, 6) is -2.07. The highest BCUT2D eigenvalue weighted by molar-refractivity contribution is 7.09. The Kier molecular flexibility index (Phi) is 10.2. The first-order valence-corrected chi connectivity index (χ1v) is 16.8. The number of likely N-dealkylation sites (tertiary alicyclic amines) is 1. The summed E-state index contributed by atoms with van der Waals surface area (Å²) in [5, 5.41) is 34.8. The number of fused-ring (bicyclic) bond motifs is 1. The van der Waals surface area contributed by atoms with E-state index in [-0.39, 0.29) is 43.6 Å². The van der Waals surface area contributed by atoms with Crippen LogP contribution in [0.4, 0.5) is 0 Å². The number of halogens is 1. The topological polar surface area (TPSA) is 120 Å². The average molecular weight is 671 g/mol. The molecule has 1 aliphatic heterocycles. The lowest BCUT2D eigenvalue weighted by Gasteiger charge is -2.36. The van der Waals surface area contributed by atoms with Gasteiger partial charge in [0.05, 0.1) is 41.8 Å². The number of carbonyl (C=O) groups is 2. The van der Waals surface area contributed by atoms with Crippen molar-refractivity contribution in [3.05, 3.63) is 123 Å². The number of amides is 2. The third-order valence-corrected chi connectivity index (χ3v) is 10.1. The summed E-state index contributed by atoms with van der Waals surface area (Å²) in [5.41, 5.74) is 3.46. The van der Waals surface area contributed by atoms with Gasteiger partial charge in [-0.3, -0.25) is 19.5 Å². The summed E-state index contributed by atoms with van der Waals surface area (Å²) >= 11 is 7.91. The summed E-state index contributed by atoms with van der Waals surface area (Å²) in [6.45, 7) is -0.110. The second-order valence-electron chi connectivity index (χ2n) is 11.8. The number of phenolic OH excluding ortho intramolecular Hbond substituents is 1. The quantitative estimate of drug-likeness (QED) is 0.118.